The molecule has 25 heavy (non-hydrogen) atoms. The molecule has 2 aromatic carbocycles. The van der Waals surface area contributed by atoms with Crippen molar-refractivity contribution in [2.24, 2.45) is 0 Å². The molecule has 1 N–H and O–H groups in total. The quantitative estimate of drug-likeness (QED) is 0.822. The molecule has 1 amide bonds. The standard InChI is InChI=1S/C20H22ClNO3/c1-3-24-18-10-6-14(12-19(18)25-4-2)20(23)22-17-9-5-13-11-15(21)7-8-16(13)17/h6-8,10-12,17H,3-5,9H2,1-2H3,(H,22,23). The number of benzene rings is 2. The Morgan fingerprint density at radius 2 is 1.88 bits per heavy atom. The molecule has 3 rings (SSSR count). The summed E-state index contributed by atoms with van der Waals surface area (Å²) in [5.41, 5.74) is 2.92. The molecule has 4 nitrogen and oxygen atoms in total. The molecule has 0 heterocycles. The van der Waals surface area contributed by atoms with Crippen LogP contribution in [0.25, 0.3) is 0 Å². The Balaban J connectivity index is 1.77. The molecule has 5 heteroatoms. The highest BCUT2D eigenvalue weighted by atomic mass is 35.5. The minimum atomic E-state index is -0.114. The zero-order chi connectivity index (χ0) is 17.8. The predicted octanol–water partition coefficient (Wildman–Crippen LogP) is 4.55. The highest BCUT2D eigenvalue weighted by Crippen LogP contribution is 2.33. The molecule has 0 spiro atoms. The van der Waals surface area contributed by atoms with Gasteiger partial charge in [-0.25, -0.2) is 0 Å². The monoisotopic (exact) mass is 359 g/mol. The van der Waals surface area contributed by atoms with Crippen LogP contribution < -0.4 is 14.8 Å². The van der Waals surface area contributed by atoms with E-state index in [0.29, 0.717) is 30.3 Å². The van der Waals surface area contributed by atoms with Gasteiger partial charge in [0.05, 0.1) is 19.3 Å². The zero-order valence-electron chi connectivity index (χ0n) is 14.5. The fourth-order valence-corrected chi connectivity index (χ4v) is 3.36. The Morgan fingerprint density at radius 3 is 2.64 bits per heavy atom. The Kier molecular flexibility index (Phi) is 5.49. The first-order chi connectivity index (χ1) is 12.1. The van der Waals surface area contributed by atoms with Crippen LogP contribution >= 0.6 is 11.6 Å². The summed E-state index contributed by atoms with van der Waals surface area (Å²) in [5.74, 6) is 1.13. The zero-order valence-corrected chi connectivity index (χ0v) is 15.2. The van der Waals surface area contributed by atoms with E-state index >= 15 is 0 Å². The Labute approximate surface area is 153 Å². The topological polar surface area (TPSA) is 47.6 Å². The normalized spacial score (nSPS) is 15.6. The van der Waals surface area contributed by atoms with Gasteiger partial charge in [-0.1, -0.05) is 17.7 Å². The molecule has 1 atom stereocenters. The number of fused-ring (bicyclic) bond motifs is 1. The summed E-state index contributed by atoms with van der Waals surface area (Å²) in [4.78, 5) is 12.7. The van der Waals surface area contributed by atoms with Crippen molar-refractivity contribution < 1.29 is 14.3 Å². The van der Waals surface area contributed by atoms with Gasteiger partial charge in [0.2, 0.25) is 0 Å². The maximum Gasteiger partial charge on any atom is 0.251 e. The van der Waals surface area contributed by atoms with E-state index in [1.165, 1.54) is 5.56 Å². The fourth-order valence-electron chi connectivity index (χ4n) is 3.17. The van der Waals surface area contributed by atoms with Crippen LogP contribution in [-0.4, -0.2) is 19.1 Å². The number of carbonyl (C=O) groups is 1. The van der Waals surface area contributed by atoms with Gasteiger partial charge in [-0.15, -0.1) is 0 Å². The van der Waals surface area contributed by atoms with E-state index in [2.05, 4.69) is 5.32 Å². The lowest BCUT2D eigenvalue weighted by atomic mass is 10.1. The van der Waals surface area contributed by atoms with Crippen LogP contribution in [-0.2, 0) is 6.42 Å². The third kappa shape index (κ3) is 3.90. The van der Waals surface area contributed by atoms with Gasteiger partial charge in [-0.05, 0) is 68.1 Å². The van der Waals surface area contributed by atoms with Gasteiger partial charge >= 0.3 is 0 Å². The van der Waals surface area contributed by atoms with E-state index in [9.17, 15) is 4.79 Å². The third-order valence-corrected chi connectivity index (χ3v) is 4.53. The maximum atomic E-state index is 12.7. The minimum absolute atomic E-state index is 0.0156. The molecule has 0 aromatic heterocycles. The van der Waals surface area contributed by atoms with Gasteiger partial charge in [0.25, 0.3) is 5.91 Å². The maximum absolute atomic E-state index is 12.7. The van der Waals surface area contributed by atoms with E-state index in [0.717, 1.165) is 23.4 Å². The molecule has 0 fully saturated rings. The molecule has 0 saturated heterocycles. The number of rotatable bonds is 6. The molecule has 2 aromatic rings. The second-order valence-corrected chi connectivity index (χ2v) is 6.37. The first-order valence-corrected chi connectivity index (χ1v) is 8.99. The molecule has 0 saturated carbocycles. The lowest BCUT2D eigenvalue weighted by molar-refractivity contribution is 0.0936. The second kappa shape index (κ2) is 7.79. The van der Waals surface area contributed by atoms with Crippen molar-refractivity contribution in [2.75, 3.05) is 13.2 Å². The van der Waals surface area contributed by atoms with E-state index < -0.39 is 0 Å². The van der Waals surface area contributed by atoms with Crippen LogP contribution in [0.2, 0.25) is 5.02 Å². The smallest absolute Gasteiger partial charge is 0.251 e. The highest BCUT2D eigenvalue weighted by molar-refractivity contribution is 6.30. The summed E-state index contributed by atoms with van der Waals surface area (Å²) < 4.78 is 11.1. The summed E-state index contributed by atoms with van der Waals surface area (Å²) in [5, 5.41) is 3.85. The summed E-state index contributed by atoms with van der Waals surface area (Å²) in [6.07, 6.45) is 1.81. The van der Waals surface area contributed by atoms with Crippen LogP contribution in [0.15, 0.2) is 36.4 Å². The van der Waals surface area contributed by atoms with Crippen molar-refractivity contribution in [1.82, 2.24) is 5.32 Å². The van der Waals surface area contributed by atoms with Gasteiger partial charge in [-0.3, -0.25) is 4.79 Å². The van der Waals surface area contributed by atoms with E-state index in [4.69, 9.17) is 21.1 Å². The largest absolute Gasteiger partial charge is 0.490 e. The van der Waals surface area contributed by atoms with Gasteiger partial charge < -0.3 is 14.8 Å². The summed E-state index contributed by atoms with van der Waals surface area (Å²) >= 11 is 6.05. The average molecular weight is 360 g/mol. The predicted molar refractivity (Wildman–Crippen MR) is 98.8 cm³/mol. The first-order valence-electron chi connectivity index (χ1n) is 8.61. The van der Waals surface area contributed by atoms with E-state index in [-0.39, 0.29) is 11.9 Å². The number of hydrogen-bond donors (Lipinski definition) is 1. The lowest BCUT2D eigenvalue weighted by Crippen LogP contribution is -2.27. The summed E-state index contributed by atoms with van der Waals surface area (Å²) in [7, 11) is 0. The van der Waals surface area contributed by atoms with Crippen molar-refractivity contribution in [3.8, 4) is 11.5 Å². The molecular formula is C20H22ClNO3. The number of carbonyl (C=O) groups excluding carboxylic acids is 1. The van der Waals surface area contributed by atoms with Crippen LogP contribution in [0.5, 0.6) is 11.5 Å². The molecule has 1 unspecified atom stereocenters. The molecule has 0 bridgehead atoms. The molecule has 132 valence electrons. The minimum Gasteiger partial charge on any atom is -0.490 e. The number of halogens is 1. The lowest BCUT2D eigenvalue weighted by Gasteiger charge is -2.16. The summed E-state index contributed by atoms with van der Waals surface area (Å²) in [6.45, 7) is 4.89. The molecule has 0 aliphatic heterocycles. The van der Waals surface area contributed by atoms with Crippen molar-refractivity contribution in [2.45, 2.75) is 32.7 Å². The van der Waals surface area contributed by atoms with Gasteiger partial charge in [0.1, 0.15) is 0 Å². The van der Waals surface area contributed by atoms with Crippen molar-refractivity contribution >= 4 is 17.5 Å². The molecular weight excluding hydrogens is 338 g/mol. The molecule has 1 aliphatic carbocycles. The number of aryl methyl sites for hydroxylation is 1. The SMILES string of the molecule is CCOc1ccc(C(=O)NC2CCc3cc(Cl)ccc32)cc1OCC. The average Bonchev–Trinajstić information content (AvgIpc) is 2.98. The van der Waals surface area contributed by atoms with Crippen LogP contribution in [0, 0.1) is 0 Å². The first kappa shape index (κ1) is 17.6. The Hall–Kier alpha value is -2.20. The van der Waals surface area contributed by atoms with Crippen molar-refractivity contribution in [3.05, 3.63) is 58.1 Å². The van der Waals surface area contributed by atoms with Gasteiger partial charge in [-0.2, -0.15) is 0 Å². The summed E-state index contributed by atoms with van der Waals surface area (Å²) in [6, 6.07) is 11.1. The van der Waals surface area contributed by atoms with E-state index in [1.807, 2.05) is 32.0 Å². The fraction of sp³-hybridized carbons (Fsp3) is 0.350. The Morgan fingerprint density at radius 1 is 1.12 bits per heavy atom. The molecule has 1 aliphatic rings. The Bertz CT molecular complexity index is 776. The van der Waals surface area contributed by atoms with Crippen LogP contribution in [0.1, 0.15) is 47.8 Å². The molecule has 0 radical (unpaired) electrons. The second-order valence-electron chi connectivity index (χ2n) is 5.94. The van der Waals surface area contributed by atoms with Crippen LogP contribution in [0.4, 0.5) is 0 Å². The van der Waals surface area contributed by atoms with Crippen molar-refractivity contribution in [3.63, 3.8) is 0 Å². The van der Waals surface area contributed by atoms with E-state index in [1.54, 1.807) is 18.2 Å². The number of nitrogens with one attached hydrogen (secondary N) is 1. The number of amides is 1. The number of ether oxygens (including phenoxy) is 2. The van der Waals surface area contributed by atoms with Gasteiger partial charge in [0, 0.05) is 10.6 Å². The third-order valence-electron chi connectivity index (χ3n) is 4.29. The van der Waals surface area contributed by atoms with Crippen LogP contribution in [0.3, 0.4) is 0 Å². The van der Waals surface area contributed by atoms with Crippen molar-refractivity contribution in [1.29, 1.82) is 0 Å². The van der Waals surface area contributed by atoms with Gasteiger partial charge in [0.15, 0.2) is 11.5 Å². The number of hydrogen-bond acceptors (Lipinski definition) is 3. The highest BCUT2D eigenvalue weighted by Gasteiger charge is 2.24.